The Labute approximate surface area is 162 Å². The number of nitrogens with zero attached hydrogens (tertiary/aromatic N) is 3. The normalized spacial score (nSPS) is 21.4. The summed E-state index contributed by atoms with van der Waals surface area (Å²) >= 11 is 1.43. The van der Waals surface area contributed by atoms with E-state index >= 15 is 0 Å². The molecule has 0 radical (unpaired) electrons. The Kier molecular flexibility index (Phi) is 4.60. The quantitative estimate of drug-likeness (QED) is 0.844. The van der Waals surface area contributed by atoms with Crippen molar-refractivity contribution in [1.29, 1.82) is 5.26 Å². The van der Waals surface area contributed by atoms with Crippen LogP contribution in [0.25, 0.3) is 0 Å². The van der Waals surface area contributed by atoms with Crippen LogP contribution in [0.5, 0.6) is 0 Å². The molecule has 1 aromatic rings. The van der Waals surface area contributed by atoms with Gasteiger partial charge in [0, 0.05) is 43.4 Å². The highest BCUT2D eigenvalue weighted by Gasteiger charge is 2.36. The van der Waals surface area contributed by atoms with Crippen LogP contribution in [0.1, 0.15) is 42.7 Å². The summed E-state index contributed by atoms with van der Waals surface area (Å²) in [5.74, 6) is 0.447. The van der Waals surface area contributed by atoms with Crippen LogP contribution in [0.2, 0.25) is 0 Å². The zero-order valence-corrected chi connectivity index (χ0v) is 16.5. The first-order valence-electron chi connectivity index (χ1n) is 9.41. The van der Waals surface area contributed by atoms with Gasteiger partial charge in [0.2, 0.25) is 5.91 Å². The van der Waals surface area contributed by atoms with Gasteiger partial charge in [-0.15, -0.1) is 11.3 Å². The molecule has 8 heteroatoms. The number of urea groups is 1. The molecule has 0 bridgehead atoms. The molecule has 3 amide bonds. The van der Waals surface area contributed by atoms with Crippen LogP contribution in [-0.4, -0.2) is 53.5 Å². The highest BCUT2D eigenvalue weighted by atomic mass is 32.1. The highest BCUT2D eigenvalue weighted by molar-refractivity contribution is 7.16. The molecule has 1 N–H and O–H groups in total. The lowest BCUT2D eigenvalue weighted by molar-refractivity contribution is -0.133. The van der Waals surface area contributed by atoms with E-state index in [1.807, 2.05) is 18.7 Å². The number of nitrogens with one attached hydrogen (secondary N) is 1. The lowest BCUT2D eigenvalue weighted by Crippen LogP contribution is -2.52. The third kappa shape index (κ3) is 3.66. The van der Waals surface area contributed by atoms with Crippen LogP contribution in [0.4, 0.5) is 9.80 Å². The minimum Gasteiger partial charge on any atom is -0.370 e. The molecule has 3 aliphatic rings. The second kappa shape index (κ2) is 6.80. The average molecular weight is 388 g/mol. The fourth-order valence-electron chi connectivity index (χ4n) is 3.65. The van der Waals surface area contributed by atoms with Crippen LogP contribution >= 0.6 is 11.3 Å². The number of fused-ring (bicyclic) bond motifs is 1. The third-order valence-electron chi connectivity index (χ3n) is 5.42. The van der Waals surface area contributed by atoms with Crippen molar-refractivity contribution in [2.24, 2.45) is 5.92 Å². The van der Waals surface area contributed by atoms with Gasteiger partial charge in [0.1, 0.15) is 11.1 Å². The molecule has 1 saturated carbocycles. The van der Waals surface area contributed by atoms with Crippen LogP contribution in [0, 0.1) is 17.2 Å². The van der Waals surface area contributed by atoms with Gasteiger partial charge in [-0.3, -0.25) is 10.1 Å². The van der Waals surface area contributed by atoms with Gasteiger partial charge in [0.25, 0.3) is 0 Å². The van der Waals surface area contributed by atoms with Gasteiger partial charge in [0.05, 0.1) is 17.8 Å². The number of hydrogen-bond acceptors (Lipinski definition) is 5. The van der Waals surface area contributed by atoms with E-state index in [0.717, 1.165) is 23.3 Å². The molecule has 0 aromatic carbocycles. The number of anilines is 1. The Morgan fingerprint density at radius 2 is 1.89 bits per heavy atom. The van der Waals surface area contributed by atoms with Gasteiger partial charge in [0.15, 0.2) is 0 Å². The van der Waals surface area contributed by atoms with Crippen molar-refractivity contribution in [3.8, 4) is 6.07 Å². The molecule has 0 unspecified atom stereocenters. The summed E-state index contributed by atoms with van der Waals surface area (Å²) in [5, 5.41) is 13.1. The van der Waals surface area contributed by atoms with Crippen LogP contribution in [-0.2, 0) is 22.6 Å². The Morgan fingerprint density at radius 3 is 2.52 bits per heavy atom. The standard InChI is InChI=1S/C19H24N4O3S/c1-19(2)9-13-14(10-20)16(27-15(13)11-26-19)21-18(25)23-7-5-22(6-8-23)17(24)12-3-4-12/h12H,3-9,11H2,1-2H3,(H,21,25). The van der Waals surface area contributed by atoms with Crippen molar-refractivity contribution in [2.45, 2.75) is 45.3 Å². The zero-order valence-electron chi connectivity index (χ0n) is 15.7. The number of thiophene rings is 1. The fourth-order valence-corrected chi connectivity index (χ4v) is 4.73. The summed E-state index contributed by atoms with van der Waals surface area (Å²) in [4.78, 5) is 29.4. The van der Waals surface area contributed by atoms with Gasteiger partial charge < -0.3 is 14.5 Å². The first-order chi connectivity index (χ1) is 12.9. The number of amides is 3. The number of ether oxygens (including phenoxy) is 1. The molecule has 4 rings (SSSR count). The molecular weight excluding hydrogens is 364 g/mol. The van der Waals surface area contributed by atoms with E-state index in [4.69, 9.17) is 4.74 Å². The molecule has 27 heavy (non-hydrogen) atoms. The molecule has 7 nitrogen and oxygen atoms in total. The molecule has 1 saturated heterocycles. The first kappa shape index (κ1) is 18.3. The molecule has 2 aliphatic heterocycles. The smallest absolute Gasteiger partial charge is 0.322 e. The summed E-state index contributed by atoms with van der Waals surface area (Å²) in [6.07, 6.45) is 2.67. The second-order valence-electron chi connectivity index (χ2n) is 8.06. The van der Waals surface area contributed by atoms with Crippen LogP contribution in [0.15, 0.2) is 0 Å². The van der Waals surface area contributed by atoms with Crippen molar-refractivity contribution < 1.29 is 14.3 Å². The fraction of sp³-hybridized carbons (Fsp3) is 0.632. The van der Waals surface area contributed by atoms with Gasteiger partial charge in [-0.25, -0.2) is 4.79 Å². The van der Waals surface area contributed by atoms with E-state index in [1.165, 1.54) is 11.3 Å². The minimum absolute atomic E-state index is 0.205. The van der Waals surface area contributed by atoms with Gasteiger partial charge in [-0.05, 0) is 32.3 Å². The van der Waals surface area contributed by atoms with Crippen LogP contribution in [0.3, 0.4) is 0 Å². The van der Waals surface area contributed by atoms with E-state index in [2.05, 4.69) is 11.4 Å². The van der Waals surface area contributed by atoms with E-state index < -0.39 is 0 Å². The SMILES string of the molecule is CC1(C)Cc2c(sc(NC(=O)N3CCN(C(=O)C4CC4)CC3)c2C#N)CO1. The number of carbonyl (C=O) groups is 2. The third-order valence-corrected chi connectivity index (χ3v) is 6.55. The lowest BCUT2D eigenvalue weighted by Gasteiger charge is -2.34. The molecule has 3 heterocycles. The van der Waals surface area contributed by atoms with Crippen molar-refractivity contribution in [1.82, 2.24) is 9.80 Å². The maximum Gasteiger partial charge on any atom is 0.322 e. The summed E-state index contributed by atoms with van der Waals surface area (Å²) in [6, 6.07) is 2.06. The zero-order chi connectivity index (χ0) is 19.2. The van der Waals surface area contributed by atoms with Gasteiger partial charge >= 0.3 is 6.03 Å². The number of piperazine rings is 1. The van der Waals surface area contributed by atoms with Crippen molar-refractivity contribution in [3.63, 3.8) is 0 Å². The number of hydrogen-bond donors (Lipinski definition) is 1. The maximum absolute atomic E-state index is 12.7. The lowest BCUT2D eigenvalue weighted by atomic mass is 9.93. The Morgan fingerprint density at radius 1 is 1.22 bits per heavy atom. The Balaban J connectivity index is 1.41. The number of carbonyl (C=O) groups excluding carboxylic acids is 2. The van der Waals surface area contributed by atoms with Crippen molar-refractivity contribution in [2.75, 3.05) is 31.5 Å². The molecule has 1 aliphatic carbocycles. The van der Waals surface area contributed by atoms with Crippen molar-refractivity contribution >= 4 is 28.3 Å². The summed E-state index contributed by atoms with van der Waals surface area (Å²) < 4.78 is 5.82. The van der Waals surface area contributed by atoms with E-state index in [-0.39, 0.29) is 23.5 Å². The molecular formula is C19H24N4O3S. The van der Waals surface area contributed by atoms with E-state index in [9.17, 15) is 14.9 Å². The molecule has 144 valence electrons. The summed E-state index contributed by atoms with van der Waals surface area (Å²) in [7, 11) is 0. The molecule has 1 aromatic heterocycles. The largest absolute Gasteiger partial charge is 0.370 e. The first-order valence-corrected chi connectivity index (χ1v) is 10.2. The van der Waals surface area contributed by atoms with E-state index in [0.29, 0.717) is 49.8 Å². The second-order valence-corrected chi connectivity index (χ2v) is 9.17. The summed E-state index contributed by atoms with van der Waals surface area (Å²) in [6.45, 7) is 6.69. The Bertz CT molecular complexity index is 814. The molecule has 0 spiro atoms. The number of rotatable bonds is 2. The summed E-state index contributed by atoms with van der Waals surface area (Å²) in [5.41, 5.74) is 1.25. The highest BCUT2D eigenvalue weighted by Crippen LogP contribution is 2.40. The predicted molar refractivity (Wildman–Crippen MR) is 102 cm³/mol. The Hall–Kier alpha value is -2.11. The topological polar surface area (TPSA) is 85.7 Å². The monoisotopic (exact) mass is 388 g/mol. The number of nitriles is 1. The molecule has 0 atom stereocenters. The predicted octanol–water partition coefficient (Wildman–Crippen LogP) is 2.56. The molecule has 2 fully saturated rings. The minimum atomic E-state index is -0.300. The van der Waals surface area contributed by atoms with Gasteiger partial charge in [-0.2, -0.15) is 5.26 Å². The van der Waals surface area contributed by atoms with Crippen LogP contribution < -0.4 is 5.32 Å². The maximum atomic E-state index is 12.7. The van der Waals surface area contributed by atoms with Gasteiger partial charge in [-0.1, -0.05) is 0 Å². The van der Waals surface area contributed by atoms with E-state index in [1.54, 1.807) is 4.90 Å². The van der Waals surface area contributed by atoms with Crippen molar-refractivity contribution in [3.05, 3.63) is 16.0 Å². The average Bonchev–Trinajstić information content (AvgIpc) is 3.43.